The van der Waals surface area contributed by atoms with Crippen LogP contribution in [-0.4, -0.2) is 4.98 Å². The molecular weight excluding hydrogens is 101 g/mol. The summed E-state index contributed by atoms with van der Waals surface area (Å²) < 4.78 is 15.3. The molecule has 0 saturated heterocycles. The van der Waals surface area contributed by atoms with Crippen molar-refractivity contribution in [2.24, 2.45) is 0 Å². The van der Waals surface area contributed by atoms with Crippen LogP contribution in [-0.2, 0) is 0 Å². The zero-order chi connectivity index (χ0) is 5.28. The van der Waals surface area contributed by atoms with E-state index >= 15 is 0 Å². The first kappa shape index (κ1) is 4.11. The maximum absolute atomic E-state index is 11.5. The first-order valence-corrected chi connectivity index (χ1v) is 1.63. The molecule has 0 aromatic carbocycles. The quantitative estimate of drug-likeness (QED) is 0.506. The summed E-state index contributed by atoms with van der Waals surface area (Å²) in [6.07, 6.45) is 0.850. The lowest BCUT2D eigenvalue weighted by Crippen LogP contribution is -1.92. The van der Waals surface area contributed by atoms with Gasteiger partial charge in [-0.25, -0.2) is 4.79 Å². The van der Waals surface area contributed by atoms with Crippen LogP contribution in [0.25, 0.3) is 0 Å². The lowest BCUT2D eigenvalue weighted by molar-refractivity contribution is 0.339. The van der Waals surface area contributed by atoms with Crippen LogP contribution in [0.5, 0.6) is 0 Å². The van der Waals surface area contributed by atoms with Crippen molar-refractivity contribution in [1.82, 2.24) is 4.98 Å². The summed E-state index contributed by atoms with van der Waals surface area (Å²) in [6.45, 7) is 0. The van der Waals surface area contributed by atoms with E-state index in [-0.39, 0.29) is 0 Å². The van der Waals surface area contributed by atoms with Crippen molar-refractivity contribution in [2.45, 2.75) is 0 Å². The number of hydrogen-bond acceptors (Lipinski definition) is 2. The number of aromatic amines is 1. The van der Waals surface area contributed by atoms with E-state index in [0.717, 1.165) is 6.20 Å². The van der Waals surface area contributed by atoms with Gasteiger partial charge < -0.3 is 4.42 Å². The van der Waals surface area contributed by atoms with Gasteiger partial charge in [-0.15, -0.1) is 0 Å². The van der Waals surface area contributed by atoms with Crippen LogP contribution >= 0.6 is 0 Å². The van der Waals surface area contributed by atoms with Gasteiger partial charge in [0.1, 0.15) is 0 Å². The van der Waals surface area contributed by atoms with Gasteiger partial charge in [-0.2, -0.15) is 4.39 Å². The average Bonchev–Trinajstić information content (AvgIpc) is 1.87. The van der Waals surface area contributed by atoms with Crippen molar-refractivity contribution in [2.75, 3.05) is 0 Å². The molecule has 0 spiro atoms. The summed E-state index contributed by atoms with van der Waals surface area (Å²) in [6, 6.07) is -0.884. The average molecular weight is 103 g/mol. The summed E-state index contributed by atoms with van der Waals surface area (Å²) in [5.74, 6) is -0.766. The molecule has 1 aromatic heterocycles. The number of H-pyrrole nitrogens is 1. The van der Waals surface area contributed by atoms with Crippen molar-refractivity contribution in [1.29, 1.82) is 0 Å². The van der Waals surface area contributed by atoms with Crippen LogP contribution < -0.4 is 5.76 Å². The molecular formula is C3H2FNO2. The minimum Gasteiger partial charge on any atom is -0.381 e. The normalized spacial score (nSPS) is 9.29. The Hall–Kier alpha value is -1.06. The second-order valence-corrected chi connectivity index (χ2v) is 0.982. The van der Waals surface area contributed by atoms with E-state index in [1.165, 1.54) is 0 Å². The van der Waals surface area contributed by atoms with Crippen molar-refractivity contribution in [3.05, 3.63) is 22.8 Å². The van der Waals surface area contributed by atoms with Gasteiger partial charge in [0.2, 0.25) is 0 Å². The smallest absolute Gasteiger partial charge is 0.381 e. The zero-order valence-corrected chi connectivity index (χ0v) is 3.27. The third kappa shape index (κ3) is 0.677. The van der Waals surface area contributed by atoms with E-state index in [0.29, 0.717) is 0 Å². The Morgan fingerprint density at radius 1 is 1.86 bits per heavy atom. The molecule has 38 valence electrons. The zero-order valence-electron chi connectivity index (χ0n) is 3.27. The monoisotopic (exact) mass is 103 g/mol. The molecule has 3 nitrogen and oxygen atoms in total. The number of halogens is 1. The van der Waals surface area contributed by atoms with Gasteiger partial charge in [-0.05, 0) is 0 Å². The van der Waals surface area contributed by atoms with Crippen LogP contribution in [0.3, 0.4) is 0 Å². The minimum absolute atomic E-state index is 0.766. The molecule has 1 rings (SSSR count). The maximum Gasteiger partial charge on any atom is 0.418 e. The summed E-state index contributed by atoms with van der Waals surface area (Å²) >= 11 is 0. The van der Waals surface area contributed by atoms with E-state index in [9.17, 15) is 9.18 Å². The lowest BCUT2D eigenvalue weighted by atomic mass is 11.0. The fraction of sp³-hybridized carbons (Fsp3) is 0. The highest BCUT2D eigenvalue weighted by Crippen LogP contribution is 1.83. The van der Waals surface area contributed by atoms with Gasteiger partial charge in [0.15, 0.2) is 0 Å². The lowest BCUT2D eigenvalue weighted by Gasteiger charge is -1.60. The highest BCUT2D eigenvalue weighted by Gasteiger charge is 1.89. The Balaban J connectivity index is 3.30. The maximum atomic E-state index is 11.5. The molecule has 1 N–H and O–H groups in total. The van der Waals surface area contributed by atoms with Gasteiger partial charge in [-0.1, -0.05) is 0 Å². The third-order valence-electron chi connectivity index (χ3n) is 0.494. The predicted molar refractivity (Wildman–Crippen MR) is 19.3 cm³/mol. The predicted octanol–water partition coefficient (Wildman–Crippen LogP) is 0.107. The fourth-order valence-corrected chi connectivity index (χ4v) is 0.263. The molecule has 0 unspecified atom stereocenters. The second kappa shape index (κ2) is 1.22. The molecule has 0 bridgehead atoms. The second-order valence-electron chi connectivity index (χ2n) is 0.982. The molecule has 0 atom stereocenters. The Kier molecular flexibility index (Phi) is 0.714. The third-order valence-corrected chi connectivity index (χ3v) is 0.494. The Morgan fingerprint density at radius 3 is 2.71 bits per heavy atom. The summed E-state index contributed by atoms with van der Waals surface area (Å²) in [5.41, 5.74) is 0. The number of aromatic nitrogens is 1. The van der Waals surface area contributed by atoms with Gasteiger partial charge in [0, 0.05) is 0 Å². The molecule has 0 saturated carbocycles. The van der Waals surface area contributed by atoms with E-state index in [1.807, 2.05) is 4.98 Å². The standard InChI is InChI=1S/C3H2FNO2/c4-2-1-5-3(6)7-2/h1H,(H,5,6). The van der Waals surface area contributed by atoms with E-state index in [2.05, 4.69) is 4.42 Å². The molecule has 0 aliphatic heterocycles. The summed E-state index contributed by atoms with van der Waals surface area (Å²) in [5, 5.41) is 0. The van der Waals surface area contributed by atoms with Crippen LogP contribution in [0, 0.1) is 6.01 Å². The van der Waals surface area contributed by atoms with Crippen molar-refractivity contribution >= 4 is 0 Å². The van der Waals surface area contributed by atoms with Gasteiger partial charge in [-0.3, -0.25) is 4.98 Å². The molecule has 0 amide bonds. The number of nitrogens with one attached hydrogen (secondary N) is 1. The van der Waals surface area contributed by atoms with Crippen molar-refractivity contribution in [3.8, 4) is 0 Å². The molecule has 1 heterocycles. The van der Waals surface area contributed by atoms with Crippen molar-refractivity contribution in [3.63, 3.8) is 0 Å². The first-order chi connectivity index (χ1) is 3.29. The van der Waals surface area contributed by atoms with Gasteiger partial charge in [0.25, 0.3) is 6.01 Å². The Labute approximate surface area is 37.8 Å². The molecule has 1 aromatic rings. The Bertz CT molecular complexity index is 201. The SMILES string of the molecule is O=c1[nH]cc(F)o1. The van der Waals surface area contributed by atoms with E-state index < -0.39 is 11.8 Å². The summed E-state index contributed by atoms with van der Waals surface area (Å²) in [7, 11) is 0. The number of hydrogen-bond donors (Lipinski definition) is 1. The first-order valence-electron chi connectivity index (χ1n) is 1.63. The van der Waals surface area contributed by atoms with Crippen molar-refractivity contribution < 1.29 is 8.81 Å². The highest BCUT2D eigenvalue weighted by molar-refractivity contribution is 4.64. The topological polar surface area (TPSA) is 46.0 Å². The number of rotatable bonds is 0. The fourth-order valence-electron chi connectivity index (χ4n) is 0.263. The van der Waals surface area contributed by atoms with Crippen LogP contribution in [0.2, 0.25) is 0 Å². The van der Waals surface area contributed by atoms with Crippen LogP contribution in [0.1, 0.15) is 0 Å². The highest BCUT2D eigenvalue weighted by atomic mass is 19.1. The minimum atomic E-state index is -0.884. The van der Waals surface area contributed by atoms with E-state index in [1.54, 1.807) is 0 Å². The molecule has 7 heavy (non-hydrogen) atoms. The molecule has 0 aliphatic carbocycles. The summed E-state index contributed by atoms with van der Waals surface area (Å²) in [4.78, 5) is 11.8. The van der Waals surface area contributed by atoms with E-state index in [4.69, 9.17) is 0 Å². The molecule has 0 radical (unpaired) electrons. The van der Waals surface area contributed by atoms with Gasteiger partial charge >= 0.3 is 5.76 Å². The molecule has 0 aliphatic rings. The largest absolute Gasteiger partial charge is 0.418 e. The number of oxazole rings is 1. The van der Waals surface area contributed by atoms with Gasteiger partial charge in [0.05, 0.1) is 6.20 Å². The molecule has 4 heteroatoms. The molecule has 0 fully saturated rings. The Morgan fingerprint density at radius 2 is 2.57 bits per heavy atom. The van der Waals surface area contributed by atoms with Crippen LogP contribution in [0.4, 0.5) is 4.39 Å². The van der Waals surface area contributed by atoms with Crippen LogP contribution in [0.15, 0.2) is 15.4 Å².